The molecule has 0 amide bonds. The van der Waals surface area contributed by atoms with Crippen LogP contribution in [0, 0.1) is 0 Å². The van der Waals surface area contributed by atoms with Crippen molar-refractivity contribution in [2.24, 2.45) is 0 Å². The second kappa shape index (κ2) is 4.70. The molecule has 12 heavy (non-hydrogen) atoms. The minimum absolute atomic E-state index is 0.265. The van der Waals surface area contributed by atoms with Crippen molar-refractivity contribution in [2.75, 3.05) is 5.33 Å². The molecule has 1 aliphatic rings. The average molecular weight is 369 g/mol. The summed E-state index contributed by atoms with van der Waals surface area (Å²) in [5, 5.41) is 19.2. The number of hydrogen-bond donors (Lipinski definition) is 2. The van der Waals surface area contributed by atoms with Gasteiger partial charge in [-0.25, -0.2) is 0 Å². The Hall–Kier alpha value is 1.32. The first kappa shape index (κ1) is 11.4. The van der Waals surface area contributed by atoms with Gasteiger partial charge < -0.3 is 14.9 Å². The molecule has 1 unspecified atom stereocenters. The zero-order valence-corrected chi connectivity index (χ0v) is 10.8. The van der Waals surface area contributed by atoms with Gasteiger partial charge in [0.15, 0.2) is 0 Å². The monoisotopic (exact) mass is 366 g/mol. The number of ether oxygens (including phenoxy) is 1. The van der Waals surface area contributed by atoms with E-state index < -0.39 is 12.2 Å². The van der Waals surface area contributed by atoms with Gasteiger partial charge in [0.1, 0.15) is 11.1 Å². The van der Waals surface area contributed by atoms with Crippen LogP contribution < -0.4 is 0 Å². The average Bonchev–Trinajstić information content (AvgIpc) is 2.08. The van der Waals surface area contributed by atoms with E-state index in [9.17, 15) is 10.2 Å². The van der Waals surface area contributed by atoms with Crippen molar-refractivity contribution >= 4 is 47.8 Å². The Kier molecular flexibility index (Phi) is 4.47. The molecule has 0 aromatic heterocycles. The van der Waals surface area contributed by atoms with Gasteiger partial charge in [-0.05, 0) is 0 Å². The zero-order valence-electron chi connectivity index (χ0n) is 6.03. The lowest BCUT2D eigenvalue weighted by atomic mass is 10.0. The zero-order chi connectivity index (χ0) is 9.30. The van der Waals surface area contributed by atoms with Crippen LogP contribution in [0.3, 0.4) is 0 Å². The number of alkyl halides is 3. The van der Waals surface area contributed by atoms with Crippen LogP contribution in [0.1, 0.15) is 0 Å². The molecule has 0 aliphatic carbocycles. The van der Waals surface area contributed by atoms with Crippen molar-refractivity contribution in [1.82, 2.24) is 0 Å². The van der Waals surface area contributed by atoms with Crippen molar-refractivity contribution in [3.8, 4) is 0 Å². The molecule has 1 fully saturated rings. The van der Waals surface area contributed by atoms with E-state index in [0.29, 0.717) is 5.33 Å². The number of aliphatic hydroxyl groups excluding tert-OH is 2. The molecule has 1 aliphatic heterocycles. The molecule has 3 nitrogen and oxygen atoms in total. The van der Waals surface area contributed by atoms with Gasteiger partial charge in [-0.1, -0.05) is 47.8 Å². The first-order valence-corrected chi connectivity index (χ1v) is 6.39. The third kappa shape index (κ3) is 2.22. The molecule has 0 bridgehead atoms. The summed E-state index contributed by atoms with van der Waals surface area (Å²) in [4.78, 5) is -0.275. The summed E-state index contributed by atoms with van der Waals surface area (Å²) in [6.07, 6.45) is -2.01. The van der Waals surface area contributed by atoms with E-state index in [1.807, 2.05) is 0 Å². The molecular weight excluding hydrogens is 360 g/mol. The molecule has 1 saturated heterocycles. The molecule has 0 aromatic rings. The fourth-order valence-corrected chi connectivity index (χ4v) is 2.58. The van der Waals surface area contributed by atoms with E-state index in [-0.39, 0.29) is 15.9 Å². The summed E-state index contributed by atoms with van der Waals surface area (Å²) in [5.74, 6) is 0. The molecular formula is C6H9Br3O3. The minimum atomic E-state index is -0.845. The lowest BCUT2D eigenvalue weighted by Gasteiger charge is -2.37. The van der Waals surface area contributed by atoms with E-state index in [0.717, 1.165) is 0 Å². The summed E-state index contributed by atoms with van der Waals surface area (Å²) in [6.45, 7) is 0. The van der Waals surface area contributed by atoms with Gasteiger partial charge in [0, 0.05) is 5.33 Å². The van der Waals surface area contributed by atoms with E-state index >= 15 is 0 Å². The Balaban J connectivity index is 2.63. The highest BCUT2D eigenvalue weighted by Gasteiger charge is 2.41. The van der Waals surface area contributed by atoms with Gasteiger partial charge in [-0.2, -0.15) is 0 Å². The number of halogens is 3. The summed E-state index contributed by atoms with van der Waals surface area (Å²) in [7, 11) is 0. The molecule has 0 saturated carbocycles. The maximum Gasteiger partial charge on any atom is 0.128 e. The van der Waals surface area contributed by atoms with Gasteiger partial charge in [-0.3, -0.25) is 0 Å². The standard InChI is InChI=1S/C6H9Br3O3/c7-1-2-4(10)5(11)3(8)6(9)12-2/h2-6,10-11H,1H2/t2-,3-,4-,5-,6?/m1/s1. The first-order valence-electron chi connectivity index (χ1n) is 3.43. The summed E-state index contributed by atoms with van der Waals surface area (Å²) in [6, 6.07) is 0. The second-order valence-electron chi connectivity index (χ2n) is 2.61. The highest BCUT2D eigenvalue weighted by atomic mass is 79.9. The van der Waals surface area contributed by atoms with Crippen LogP contribution in [0.4, 0.5) is 0 Å². The van der Waals surface area contributed by atoms with E-state index in [1.54, 1.807) is 0 Å². The van der Waals surface area contributed by atoms with Crippen LogP contribution in [-0.4, -0.2) is 43.7 Å². The van der Waals surface area contributed by atoms with Gasteiger partial charge >= 0.3 is 0 Å². The van der Waals surface area contributed by atoms with Gasteiger partial charge in [0.2, 0.25) is 0 Å². The van der Waals surface area contributed by atoms with Crippen molar-refractivity contribution < 1.29 is 14.9 Å². The number of hydrogen-bond acceptors (Lipinski definition) is 3. The lowest BCUT2D eigenvalue weighted by molar-refractivity contribution is -0.127. The van der Waals surface area contributed by atoms with E-state index in [2.05, 4.69) is 47.8 Å². The molecule has 5 atom stereocenters. The third-order valence-corrected chi connectivity index (χ3v) is 4.92. The predicted octanol–water partition coefficient (Wildman–Crippen LogP) is 0.986. The molecule has 1 rings (SSSR count). The van der Waals surface area contributed by atoms with Gasteiger partial charge in [0.25, 0.3) is 0 Å². The molecule has 0 spiro atoms. The quantitative estimate of drug-likeness (QED) is 0.679. The Morgan fingerprint density at radius 2 is 1.75 bits per heavy atom. The Morgan fingerprint density at radius 1 is 1.17 bits per heavy atom. The van der Waals surface area contributed by atoms with Crippen LogP contribution >= 0.6 is 47.8 Å². The van der Waals surface area contributed by atoms with Crippen molar-refractivity contribution in [2.45, 2.75) is 28.2 Å². The smallest absolute Gasteiger partial charge is 0.128 e. The second-order valence-corrected chi connectivity index (χ2v) is 5.21. The Bertz CT molecular complexity index is 152. The third-order valence-electron chi connectivity index (χ3n) is 1.76. The van der Waals surface area contributed by atoms with Crippen molar-refractivity contribution in [3.63, 3.8) is 0 Å². The molecule has 2 N–H and O–H groups in total. The fraction of sp³-hybridized carbons (Fsp3) is 1.00. The first-order chi connectivity index (χ1) is 5.57. The van der Waals surface area contributed by atoms with Crippen LogP contribution in [-0.2, 0) is 4.74 Å². The maximum atomic E-state index is 9.49. The summed E-state index contributed by atoms with van der Waals surface area (Å²) < 4.78 is 5.34. The summed E-state index contributed by atoms with van der Waals surface area (Å²) >= 11 is 9.65. The highest BCUT2D eigenvalue weighted by molar-refractivity contribution is 9.12. The molecule has 1 heterocycles. The number of rotatable bonds is 1. The van der Waals surface area contributed by atoms with Crippen LogP contribution in [0.25, 0.3) is 0 Å². The maximum absolute atomic E-state index is 9.49. The van der Waals surface area contributed by atoms with Crippen molar-refractivity contribution in [3.05, 3.63) is 0 Å². The van der Waals surface area contributed by atoms with Crippen LogP contribution in [0.2, 0.25) is 0 Å². The van der Waals surface area contributed by atoms with Gasteiger partial charge in [-0.15, -0.1) is 0 Å². The Morgan fingerprint density at radius 3 is 2.25 bits per heavy atom. The largest absolute Gasteiger partial charge is 0.389 e. The topological polar surface area (TPSA) is 49.7 Å². The highest BCUT2D eigenvalue weighted by Crippen LogP contribution is 2.30. The van der Waals surface area contributed by atoms with Gasteiger partial charge in [0.05, 0.1) is 17.0 Å². The predicted molar refractivity (Wildman–Crippen MR) is 56.1 cm³/mol. The van der Waals surface area contributed by atoms with Crippen LogP contribution in [0.15, 0.2) is 0 Å². The van der Waals surface area contributed by atoms with Crippen molar-refractivity contribution in [1.29, 1.82) is 0 Å². The number of aliphatic hydroxyl groups is 2. The molecule has 72 valence electrons. The normalized spacial score (nSPS) is 49.2. The fourth-order valence-electron chi connectivity index (χ4n) is 1.01. The Labute approximate surface area is 95.9 Å². The SMILES string of the molecule is O[C@H]1[C@H](O)[C@@H](Br)C(Br)O[C@@H]1CBr. The minimum Gasteiger partial charge on any atom is -0.389 e. The van der Waals surface area contributed by atoms with E-state index in [1.165, 1.54) is 0 Å². The molecule has 0 radical (unpaired) electrons. The molecule has 0 aromatic carbocycles. The summed E-state index contributed by atoms with van der Waals surface area (Å²) in [5.41, 5.74) is 0. The van der Waals surface area contributed by atoms with Crippen LogP contribution in [0.5, 0.6) is 0 Å². The lowest BCUT2D eigenvalue weighted by Crippen LogP contribution is -2.54. The van der Waals surface area contributed by atoms with E-state index in [4.69, 9.17) is 4.74 Å². The molecule has 6 heteroatoms.